The number of hydrogen-bond donors (Lipinski definition) is 2. The average Bonchev–Trinajstić information content (AvgIpc) is 2.13. The van der Waals surface area contributed by atoms with E-state index in [0.717, 1.165) is 6.42 Å². The molecule has 0 aromatic heterocycles. The van der Waals surface area contributed by atoms with Crippen LogP contribution in [0.1, 0.15) is 5.56 Å². The Morgan fingerprint density at radius 1 is 1.33 bits per heavy atom. The van der Waals surface area contributed by atoms with Crippen LogP contribution in [0.3, 0.4) is 0 Å². The van der Waals surface area contributed by atoms with E-state index in [2.05, 4.69) is 0 Å². The van der Waals surface area contributed by atoms with E-state index in [1.807, 2.05) is 0 Å². The van der Waals surface area contributed by atoms with Gasteiger partial charge in [0.05, 0.1) is 0 Å². The molecule has 1 aromatic carbocycles. The summed E-state index contributed by atoms with van der Waals surface area (Å²) in [4.78, 5) is 10.4. The summed E-state index contributed by atoms with van der Waals surface area (Å²) in [7, 11) is 0. The van der Waals surface area contributed by atoms with E-state index in [1.165, 1.54) is 0 Å². The van der Waals surface area contributed by atoms with Crippen molar-refractivity contribution in [1.82, 2.24) is 0 Å². The van der Waals surface area contributed by atoms with E-state index in [0.29, 0.717) is 12.1 Å². The van der Waals surface area contributed by atoms with Gasteiger partial charge < -0.3 is 10.8 Å². The predicted molar refractivity (Wildman–Crippen MR) is 44.9 cm³/mol. The Morgan fingerprint density at radius 3 is 2.20 bits per heavy atom. The molecule has 3 N–H and O–H groups in total. The molecule has 0 fully saturated rings. The molecule has 1 radical (unpaired) electrons. The van der Waals surface area contributed by atoms with Crippen LogP contribution >= 0.6 is 0 Å². The minimum Gasteiger partial charge on any atom is -0.383 e. The van der Waals surface area contributed by atoms with E-state index in [9.17, 15) is 18.0 Å². The first-order chi connectivity index (χ1) is 6.91. The minimum atomic E-state index is -1.67. The SMILES string of the molecule is NC(=O)[C@H](O)[CH]c1cc(F)c(F)c(F)c1. The maximum atomic E-state index is 12.7. The third kappa shape index (κ3) is 2.69. The number of primary amides is 1. The summed E-state index contributed by atoms with van der Waals surface area (Å²) in [5, 5.41) is 8.96. The number of amides is 1. The van der Waals surface area contributed by atoms with Crippen molar-refractivity contribution in [3.8, 4) is 0 Å². The van der Waals surface area contributed by atoms with Crippen LogP contribution < -0.4 is 5.73 Å². The van der Waals surface area contributed by atoms with Gasteiger partial charge in [0.25, 0.3) is 0 Å². The second-order valence-corrected chi connectivity index (χ2v) is 2.81. The summed E-state index contributed by atoms with van der Waals surface area (Å²) >= 11 is 0. The molecule has 0 aliphatic carbocycles. The van der Waals surface area contributed by atoms with Crippen molar-refractivity contribution in [2.45, 2.75) is 6.10 Å². The smallest absolute Gasteiger partial charge is 0.246 e. The Balaban J connectivity index is 2.92. The van der Waals surface area contributed by atoms with Gasteiger partial charge in [0.1, 0.15) is 6.10 Å². The number of carbonyl (C=O) groups excluding carboxylic acids is 1. The van der Waals surface area contributed by atoms with E-state index < -0.39 is 29.5 Å². The monoisotopic (exact) mass is 218 g/mol. The van der Waals surface area contributed by atoms with Crippen molar-refractivity contribution < 1.29 is 23.1 Å². The molecule has 0 aliphatic rings. The van der Waals surface area contributed by atoms with E-state index >= 15 is 0 Å². The molecule has 0 heterocycles. The van der Waals surface area contributed by atoms with Crippen molar-refractivity contribution in [3.05, 3.63) is 41.6 Å². The molecule has 0 saturated heterocycles. The van der Waals surface area contributed by atoms with Crippen molar-refractivity contribution in [2.24, 2.45) is 5.73 Å². The third-order valence-electron chi connectivity index (χ3n) is 1.65. The number of halogens is 3. The highest BCUT2D eigenvalue weighted by molar-refractivity contribution is 5.80. The summed E-state index contributed by atoms with van der Waals surface area (Å²) in [6, 6.07) is 1.29. The molecule has 0 spiro atoms. The molecule has 1 rings (SSSR count). The van der Waals surface area contributed by atoms with Gasteiger partial charge >= 0.3 is 0 Å². The lowest BCUT2D eigenvalue weighted by molar-refractivity contribution is -0.124. The first-order valence-electron chi connectivity index (χ1n) is 3.88. The van der Waals surface area contributed by atoms with Gasteiger partial charge in [-0.2, -0.15) is 0 Å². The molecule has 1 amide bonds. The highest BCUT2D eigenvalue weighted by atomic mass is 19.2. The molecule has 81 valence electrons. The number of carbonyl (C=O) groups is 1. The van der Waals surface area contributed by atoms with Gasteiger partial charge in [-0.25, -0.2) is 13.2 Å². The van der Waals surface area contributed by atoms with Crippen molar-refractivity contribution in [2.75, 3.05) is 0 Å². The van der Waals surface area contributed by atoms with Gasteiger partial charge in [0.15, 0.2) is 17.5 Å². The maximum Gasteiger partial charge on any atom is 0.246 e. The first kappa shape index (κ1) is 11.5. The van der Waals surface area contributed by atoms with Gasteiger partial charge in [-0.3, -0.25) is 4.79 Å². The zero-order chi connectivity index (χ0) is 11.6. The molecule has 1 aromatic rings. The Hall–Kier alpha value is -1.56. The zero-order valence-electron chi connectivity index (χ0n) is 7.38. The third-order valence-corrected chi connectivity index (χ3v) is 1.65. The second kappa shape index (κ2) is 4.31. The fourth-order valence-electron chi connectivity index (χ4n) is 0.936. The Labute approximate surface area is 83.3 Å². The van der Waals surface area contributed by atoms with E-state index in [1.54, 1.807) is 0 Å². The molecule has 0 bridgehead atoms. The lowest BCUT2D eigenvalue weighted by Crippen LogP contribution is -2.28. The van der Waals surface area contributed by atoms with E-state index in [-0.39, 0.29) is 5.56 Å². The molecular formula is C9H7F3NO2. The van der Waals surface area contributed by atoms with E-state index in [4.69, 9.17) is 10.8 Å². The topological polar surface area (TPSA) is 63.3 Å². The van der Waals surface area contributed by atoms with Gasteiger partial charge in [-0.05, 0) is 17.7 Å². The first-order valence-corrected chi connectivity index (χ1v) is 3.88. The second-order valence-electron chi connectivity index (χ2n) is 2.81. The molecule has 0 unspecified atom stereocenters. The molecule has 0 saturated carbocycles. The zero-order valence-corrected chi connectivity index (χ0v) is 7.38. The number of aliphatic hydroxyl groups is 1. The van der Waals surface area contributed by atoms with Crippen LogP contribution in [0.5, 0.6) is 0 Å². The lowest BCUT2D eigenvalue weighted by atomic mass is 10.1. The quantitative estimate of drug-likeness (QED) is 0.726. The minimum absolute atomic E-state index is 0.169. The van der Waals surface area contributed by atoms with Crippen LogP contribution in [-0.2, 0) is 4.79 Å². The number of hydrogen-bond acceptors (Lipinski definition) is 2. The van der Waals surface area contributed by atoms with Crippen LogP contribution in [0.15, 0.2) is 12.1 Å². The summed E-state index contributed by atoms with van der Waals surface area (Å²) in [5.74, 6) is -5.49. The van der Waals surface area contributed by atoms with Crippen LogP contribution in [0.2, 0.25) is 0 Å². The highest BCUT2D eigenvalue weighted by Gasteiger charge is 2.16. The van der Waals surface area contributed by atoms with Crippen LogP contribution in [0.4, 0.5) is 13.2 Å². The van der Waals surface area contributed by atoms with Gasteiger partial charge in [-0.15, -0.1) is 0 Å². The molecule has 15 heavy (non-hydrogen) atoms. The summed E-state index contributed by atoms with van der Waals surface area (Å²) in [6.07, 6.45) is -0.859. The fraction of sp³-hybridized carbons (Fsp3) is 0.111. The standard InChI is InChI=1S/C9H7F3NO2/c10-5-1-4(2-6(11)8(5)12)3-7(14)9(13)15/h1-3,7,14H,(H2,13,15)/t7-/m1/s1. The van der Waals surface area contributed by atoms with Crippen molar-refractivity contribution in [1.29, 1.82) is 0 Å². The Morgan fingerprint density at radius 2 is 1.80 bits per heavy atom. The summed E-state index contributed by atoms with van der Waals surface area (Å²) in [5.41, 5.74) is 4.54. The molecular weight excluding hydrogens is 211 g/mol. The van der Waals surface area contributed by atoms with Gasteiger partial charge in [0.2, 0.25) is 5.91 Å². The fourth-order valence-corrected chi connectivity index (χ4v) is 0.936. The summed E-state index contributed by atoms with van der Waals surface area (Å²) in [6.45, 7) is 0. The summed E-state index contributed by atoms with van der Waals surface area (Å²) < 4.78 is 37.8. The van der Waals surface area contributed by atoms with Crippen molar-refractivity contribution in [3.63, 3.8) is 0 Å². The van der Waals surface area contributed by atoms with Gasteiger partial charge in [0, 0.05) is 6.42 Å². The lowest BCUT2D eigenvalue weighted by Gasteiger charge is -2.06. The average molecular weight is 218 g/mol. The molecule has 6 heteroatoms. The Bertz CT molecular complexity index is 372. The Kier molecular flexibility index (Phi) is 3.31. The number of nitrogens with two attached hydrogens (primary N) is 1. The number of benzene rings is 1. The van der Waals surface area contributed by atoms with Crippen LogP contribution in [0.25, 0.3) is 0 Å². The molecule has 3 nitrogen and oxygen atoms in total. The molecule has 0 aliphatic heterocycles. The normalized spacial score (nSPS) is 12.5. The number of rotatable bonds is 3. The van der Waals surface area contributed by atoms with Crippen LogP contribution in [-0.4, -0.2) is 17.1 Å². The number of aliphatic hydroxyl groups excluding tert-OH is 1. The molecule has 1 atom stereocenters. The predicted octanol–water partition coefficient (Wildman–Crippen LogP) is 0.502. The van der Waals surface area contributed by atoms with Crippen LogP contribution in [0, 0.1) is 23.9 Å². The van der Waals surface area contributed by atoms with Gasteiger partial charge in [-0.1, -0.05) is 0 Å². The highest BCUT2D eigenvalue weighted by Crippen LogP contribution is 2.15. The van der Waals surface area contributed by atoms with Crippen molar-refractivity contribution >= 4 is 5.91 Å². The maximum absolute atomic E-state index is 12.7. The largest absolute Gasteiger partial charge is 0.383 e.